The molecule has 0 fully saturated rings. The fourth-order valence-electron chi connectivity index (χ4n) is 1.49. The second-order valence-corrected chi connectivity index (χ2v) is 3.69. The SMILES string of the molecule is CCC(C(=O)O)N(C)C(=O)C(C)CCN. The van der Waals surface area contributed by atoms with Crippen LogP contribution in [0.1, 0.15) is 26.7 Å². The van der Waals surface area contributed by atoms with Crippen molar-refractivity contribution in [3.63, 3.8) is 0 Å². The molecule has 5 heteroatoms. The van der Waals surface area contributed by atoms with Crippen LogP contribution in [0.3, 0.4) is 0 Å². The van der Waals surface area contributed by atoms with Crippen molar-refractivity contribution in [3.8, 4) is 0 Å². The minimum Gasteiger partial charge on any atom is -0.480 e. The van der Waals surface area contributed by atoms with Crippen LogP contribution in [0.5, 0.6) is 0 Å². The van der Waals surface area contributed by atoms with Crippen LogP contribution in [-0.4, -0.2) is 41.5 Å². The molecule has 0 aliphatic carbocycles. The molecule has 0 rings (SSSR count). The number of nitrogens with two attached hydrogens (primary N) is 1. The van der Waals surface area contributed by atoms with Gasteiger partial charge in [-0.15, -0.1) is 0 Å². The van der Waals surface area contributed by atoms with Crippen LogP contribution in [0.25, 0.3) is 0 Å². The highest BCUT2D eigenvalue weighted by Gasteiger charge is 2.27. The van der Waals surface area contributed by atoms with Gasteiger partial charge in [0, 0.05) is 13.0 Å². The lowest BCUT2D eigenvalue weighted by Crippen LogP contribution is -2.44. The van der Waals surface area contributed by atoms with Gasteiger partial charge in [0.15, 0.2) is 0 Å². The molecule has 0 spiro atoms. The van der Waals surface area contributed by atoms with Gasteiger partial charge < -0.3 is 15.7 Å². The minimum absolute atomic E-state index is 0.158. The Bertz CT molecular complexity index is 231. The summed E-state index contributed by atoms with van der Waals surface area (Å²) in [6, 6.07) is -0.738. The van der Waals surface area contributed by atoms with Gasteiger partial charge in [-0.25, -0.2) is 4.79 Å². The second kappa shape index (κ2) is 6.40. The molecule has 3 N–H and O–H groups in total. The van der Waals surface area contributed by atoms with Gasteiger partial charge >= 0.3 is 5.97 Å². The fourth-order valence-corrected chi connectivity index (χ4v) is 1.49. The molecular formula is C10H20N2O3. The van der Waals surface area contributed by atoms with E-state index < -0.39 is 12.0 Å². The maximum absolute atomic E-state index is 11.7. The zero-order chi connectivity index (χ0) is 12.0. The molecule has 2 atom stereocenters. The average molecular weight is 216 g/mol. The molecule has 1 amide bonds. The predicted octanol–water partition coefficient (Wildman–Crippen LogP) is 0.293. The van der Waals surface area contributed by atoms with E-state index in [0.717, 1.165) is 0 Å². The molecule has 0 saturated carbocycles. The zero-order valence-corrected chi connectivity index (χ0v) is 9.56. The van der Waals surface area contributed by atoms with E-state index in [1.807, 2.05) is 0 Å². The largest absolute Gasteiger partial charge is 0.480 e. The van der Waals surface area contributed by atoms with Crippen LogP contribution >= 0.6 is 0 Å². The third-order valence-electron chi connectivity index (χ3n) is 2.51. The third kappa shape index (κ3) is 3.87. The Hall–Kier alpha value is -1.10. The number of aliphatic carboxylic acids is 1. The van der Waals surface area contributed by atoms with E-state index in [-0.39, 0.29) is 11.8 Å². The Morgan fingerprint density at radius 2 is 2.00 bits per heavy atom. The Morgan fingerprint density at radius 3 is 2.33 bits per heavy atom. The third-order valence-corrected chi connectivity index (χ3v) is 2.51. The first-order valence-electron chi connectivity index (χ1n) is 5.15. The molecule has 0 aliphatic rings. The van der Waals surface area contributed by atoms with Crippen molar-refractivity contribution < 1.29 is 14.7 Å². The molecule has 0 bridgehead atoms. The average Bonchev–Trinajstić information content (AvgIpc) is 2.17. The lowest BCUT2D eigenvalue weighted by atomic mass is 10.1. The Kier molecular flexibility index (Phi) is 5.93. The number of hydrogen-bond acceptors (Lipinski definition) is 3. The molecule has 0 heterocycles. The number of amides is 1. The van der Waals surface area contributed by atoms with Gasteiger partial charge in [0.05, 0.1) is 0 Å². The number of hydrogen-bond donors (Lipinski definition) is 2. The molecule has 0 aromatic heterocycles. The molecule has 0 saturated heterocycles. The molecule has 0 aromatic rings. The molecule has 2 unspecified atom stereocenters. The van der Waals surface area contributed by atoms with Gasteiger partial charge in [0.25, 0.3) is 0 Å². The predicted molar refractivity (Wildman–Crippen MR) is 57.3 cm³/mol. The Labute approximate surface area is 90.2 Å². The lowest BCUT2D eigenvalue weighted by Gasteiger charge is -2.26. The van der Waals surface area contributed by atoms with Crippen molar-refractivity contribution in [1.29, 1.82) is 0 Å². The summed E-state index contributed by atoms with van der Waals surface area (Å²) in [6.45, 7) is 3.95. The number of likely N-dealkylation sites (N-methyl/N-ethyl adjacent to an activating group) is 1. The normalized spacial score (nSPS) is 14.4. The van der Waals surface area contributed by atoms with Crippen LogP contribution in [0.4, 0.5) is 0 Å². The first-order chi connectivity index (χ1) is 6.95. The molecule has 0 radical (unpaired) electrons. The molecule has 5 nitrogen and oxygen atoms in total. The van der Waals surface area contributed by atoms with Gasteiger partial charge in [-0.3, -0.25) is 4.79 Å². The monoisotopic (exact) mass is 216 g/mol. The first kappa shape index (κ1) is 13.9. The van der Waals surface area contributed by atoms with Gasteiger partial charge in [-0.2, -0.15) is 0 Å². The molecular weight excluding hydrogens is 196 g/mol. The molecule has 15 heavy (non-hydrogen) atoms. The van der Waals surface area contributed by atoms with Gasteiger partial charge in [0.2, 0.25) is 5.91 Å². The summed E-state index contributed by atoms with van der Waals surface area (Å²) in [7, 11) is 1.53. The number of nitrogens with zero attached hydrogens (tertiary/aromatic N) is 1. The summed E-state index contributed by atoms with van der Waals surface area (Å²) in [5.74, 6) is -1.34. The fraction of sp³-hybridized carbons (Fsp3) is 0.800. The number of carboxylic acids is 1. The van der Waals surface area contributed by atoms with Crippen LogP contribution in [0.2, 0.25) is 0 Å². The van der Waals surface area contributed by atoms with Crippen molar-refractivity contribution in [2.45, 2.75) is 32.7 Å². The van der Waals surface area contributed by atoms with Gasteiger partial charge in [-0.1, -0.05) is 13.8 Å². The van der Waals surface area contributed by atoms with Crippen LogP contribution in [0, 0.1) is 5.92 Å². The summed E-state index contributed by atoms with van der Waals surface area (Å²) >= 11 is 0. The van der Waals surface area contributed by atoms with Crippen molar-refractivity contribution in [2.75, 3.05) is 13.6 Å². The standard InChI is InChI=1S/C10H20N2O3/c1-4-8(10(14)15)12(3)9(13)7(2)5-6-11/h7-8H,4-6,11H2,1-3H3,(H,14,15). The molecule has 0 aliphatic heterocycles. The highest BCUT2D eigenvalue weighted by Crippen LogP contribution is 2.10. The van der Waals surface area contributed by atoms with E-state index in [0.29, 0.717) is 19.4 Å². The van der Waals surface area contributed by atoms with Gasteiger partial charge in [-0.05, 0) is 19.4 Å². The summed E-state index contributed by atoms with van der Waals surface area (Å²) in [5.41, 5.74) is 5.35. The summed E-state index contributed by atoms with van der Waals surface area (Å²) in [5, 5.41) is 8.89. The summed E-state index contributed by atoms with van der Waals surface area (Å²) in [6.07, 6.45) is 0.992. The number of rotatable bonds is 6. The van der Waals surface area contributed by atoms with Crippen LogP contribution in [-0.2, 0) is 9.59 Å². The summed E-state index contributed by atoms with van der Waals surface area (Å²) in [4.78, 5) is 23.9. The quantitative estimate of drug-likeness (QED) is 0.668. The number of carbonyl (C=O) groups excluding carboxylic acids is 1. The van der Waals surface area contributed by atoms with E-state index in [1.165, 1.54) is 11.9 Å². The molecule has 0 aromatic carbocycles. The maximum atomic E-state index is 11.7. The Balaban J connectivity index is 4.47. The topological polar surface area (TPSA) is 83.6 Å². The lowest BCUT2D eigenvalue weighted by molar-refractivity contribution is -0.150. The van der Waals surface area contributed by atoms with Crippen LogP contribution < -0.4 is 5.73 Å². The zero-order valence-electron chi connectivity index (χ0n) is 9.56. The minimum atomic E-state index is -0.965. The second-order valence-electron chi connectivity index (χ2n) is 3.69. The highest BCUT2D eigenvalue weighted by molar-refractivity contribution is 5.84. The number of carbonyl (C=O) groups is 2. The Morgan fingerprint density at radius 1 is 1.47 bits per heavy atom. The maximum Gasteiger partial charge on any atom is 0.326 e. The molecule has 88 valence electrons. The van der Waals surface area contributed by atoms with Crippen LogP contribution in [0.15, 0.2) is 0 Å². The van der Waals surface area contributed by atoms with Crippen molar-refractivity contribution >= 4 is 11.9 Å². The first-order valence-corrected chi connectivity index (χ1v) is 5.15. The highest BCUT2D eigenvalue weighted by atomic mass is 16.4. The van der Waals surface area contributed by atoms with Gasteiger partial charge in [0.1, 0.15) is 6.04 Å². The van der Waals surface area contributed by atoms with E-state index in [9.17, 15) is 9.59 Å². The van der Waals surface area contributed by atoms with Crippen molar-refractivity contribution in [3.05, 3.63) is 0 Å². The number of carboxylic acid groups (broad SMARTS) is 1. The van der Waals surface area contributed by atoms with E-state index >= 15 is 0 Å². The van der Waals surface area contributed by atoms with E-state index in [1.54, 1.807) is 13.8 Å². The van der Waals surface area contributed by atoms with Crippen molar-refractivity contribution in [2.24, 2.45) is 11.7 Å². The summed E-state index contributed by atoms with van der Waals surface area (Å²) < 4.78 is 0. The van der Waals surface area contributed by atoms with Crippen molar-refractivity contribution in [1.82, 2.24) is 4.90 Å². The van der Waals surface area contributed by atoms with E-state index in [2.05, 4.69) is 0 Å². The van der Waals surface area contributed by atoms with E-state index in [4.69, 9.17) is 10.8 Å². The smallest absolute Gasteiger partial charge is 0.326 e.